The highest BCUT2D eigenvalue weighted by Crippen LogP contribution is 2.24. The molecule has 0 aliphatic rings. The number of nitrogens with one attached hydrogen (secondary N) is 1. The van der Waals surface area contributed by atoms with E-state index in [1.807, 2.05) is 36.7 Å². The lowest BCUT2D eigenvalue weighted by molar-refractivity contribution is 0.102. The van der Waals surface area contributed by atoms with Crippen molar-refractivity contribution in [1.82, 2.24) is 19.7 Å². The molecular weight excluding hydrogens is 389 g/mol. The van der Waals surface area contributed by atoms with Crippen LogP contribution in [-0.2, 0) is 7.05 Å². The number of halogens is 1. The maximum Gasteiger partial charge on any atom is 0.259 e. The molecular formula is C20H12B4FN5O. The number of benzene rings is 2. The van der Waals surface area contributed by atoms with Gasteiger partial charge in [0.25, 0.3) is 5.91 Å². The normalized spacial score (nSPS) is 11.1. The van der Waals surface area contributed by atoms with Crippen LogP contribution in [-0.4, -0.2) is 57.0 Å². The van der Waals surface area contributed by atoms with Gasteiger partial charge in [0.15, 0.2) is 5.82 Å². The molecule has 142 valence electrons. The van der Waals surface area contributed by atoms with Crippen LogP contribution >= 0.6 is 0 Å². The molecule has 0 aliphatic carbocycles. The van der Waals surface area contributed by atoms with Crippen molar-refractivity contribution in [1.29, 1.82) is 0 Å². The van der Waals surface area contributed by atoms with E-state index in [1.165, 1.54) is 0 Å². The fraction of sp³-hybridized carbons (Fsp3) is 0.100. The quantitative estimate of drug-likeness (QED) is 0.444. The first kappa shape index (κ1) is 20.9. The van der Waals surface area contributed by atoms with Gasteiger partial charge in [-0.1, -0.05) is 17.0 Å². The predicted molar refractivity (Wildman–Crippen MR) is 122 cm³/mol. The number of hydrogen-bond donors (Lipinski definition) is 1. The number of aromatic nitrogens is 4. The molecule has 0 unspecified atom stereocenters. The summed E-state index contributed by atoms with van der Waals surface area (Å²) in [5.74, 6) is -0.953. The molecule has 0 aliphatic heterocycles. The van der Waals surface area contributed by atoms with E-state index in [0.29, 0.717) is 10.9 Å². The molecule has 0 fully saturated rings. The molecule has 0 atom stereocenters. The minimum atomic E-state index is -1.05. The highest BCUT2D eigenvalue weighted by molar-refractivity contribution is 6.63. The lowest BCUT2D eigenvalue weighted by Gasteiger charge is -2.17. The summed E-state index contributed by atoms with van der Waals surface area (Å²) in [7, 11) is 24.6. The maximum atomic E-state index is 14.5. The summed E-state index contributed by atoms with van der Waals surface area (Å²) in [6, 6.07) is 7.22. The zero-order chi connectivity index (χ0) is 22.4. The van der Waals surface area contributed by atoms with Gasteiger partial charge in [0.05, 0.1) is 23.0 Å². The number of fused-ring (bicyclic) bond motifs is 1. The van der Waals surface area contributed by atoms with E-state index >= 15 is 0 Å². The maximum absolute atomic E-state index is 14.5. The van der Waals surface area contributed by atoms with Gasteiger partial charge in [-0.2, -0.15) is 0 Å². The van der Waals surface area contributed by atoms with Gasteiger partial charge in [-0.05, 0) is 25.1 Å². The molecule has 2 heterocycles. The van der Waals surface area contributed by atoms with Gasteiger partial charge in [0, 0.05) is 18.0 Å². The Labute approximate surface area is 183 Å². The van der Waals surface area contributed by atoms with Crippen molar-refractivity contribution in [2.45, 2.75) is 6.92 Å². The second kappa shape index (κ2) is 7.72. The zero-order valence-corrected chi connectivity index (χ0v) is 16.8. The number of amides is 1. The van der Waals surface area contributed by atoms with Crippen molar-refractivity contribution in [3.8, 4) is 11.3 Å². The molecule has 31 heavy (non-hydrogen) atoms. The summed E-state index contributed by atoms with van der Waals surface area (Å²) in [5, 5.41) is 11.3. The van der Waals surface area contributed by atoms with Crippen molar-refractivity contribution < 1.29 is 9.18 Å². The van der Waals surface area contributed by atoms with E-state index in [1.54, 1.807) is 12.3 Å². The molecule has 2 aromatic heterocycles. The van der Waals surface area contributed by atoms with Crippen molar-refractivity contribution in [3.05, 3.63) is 47.7 Å². The van der Waals surface area contributed by atoms with E-state index in [-0.39, 0.29) is 22.2 Å². The van der Waals surface area contributed by atoms with Gasteiger partial charge in [-0.3, -0.25) is 4.79 Å². The largest absolute Gasteiger partial charge is 0.331 e. The summed E-state index contributed by atoms with van der Waals surface area (Å²) in [6.45, 7) is 1.91. The first-order valence-corrected chi connectivity index (χ1v) is 9.18. The lowest BCUT2D eigenvalue weighted by Crippen LogP contribution is -2.52. The topological polar surface area (TPSA) is 72.7 Å². The summed E-state index contributed by atoms with van der Waals surface area (Å²) < 4.78 is 16.5. The molecule has 1 N–H and O–H groups in total. The average molecular weight is 401 g/mol. The van der Waals surface area contributed by atoms with Gasteiger partial charge in [-0.15, -0.1) is 21.1 Å². The Morgan fingerprint density at radius 3 is 2.42 bits per heavy atom. The minimum absolute atomic E-state index is 0.101. The number of anilines is 1. The van der Waals surface area contributed by atoms with Gasteiger partial charge in [-0.25, -0.2) is 9.37 Å². The Hall–Kier alpha value is -3.35. The minimum Gasteiger partial charge on any atom is -0.331 e. The summed E-state index contributed by atoms with van der Waals surface area (Å²) in [6.07, 6.45) is 1.77. The Morgan fingerprint density at radius 2 is 1.74 bits per heavy atom. The van der Waals surface area contributed by atoms with Gasteiger partial charge in [0.2, 0.25) is 0 Å². The van der Waals surface area contributed by atoms with Crippen molar-refractivity contribution >= 4 is 75.9 Å². The number of aryl methyl sites for hydroxylation is 1. The van der Waals surface area contributed by atoms with E-state index in [0.717, 1.165) is 17.1 Å². The molecule has 4 aromatic rings. The van der Waals surface area contributed by atoms with Crippen LogP contribution in [0.5, 0.6) is 0 Å². The fourth-order valence-electron chi connectivity index (χ4n) is 3.23. The molecule has 8 radical (unpaired) electrons. The number of nitrogens with zero attached hydrogens (tertiary/aromatic N) is 4. The second-order valence-corrected chi connectivity index (χ2v) is 7.05. The van der Waals surface area contributed by atoms with Crippen LogP contribution < -0.4 is 27.2 Å². The van der Waals surface area contributed by atoms with Gasteiger partial charge >= 0.3 is 0 Å². The van der Waals surface area contributed by atoms with Crippen molar-refractivity contribution in [2.75, 3.05) is 5.32 Å². The zero-order valence-electron chi connectivity index (χ0n) is 16.8. The van der Waals surface area contributed by atoms with E-state index in [2.05, 4.69) is 20.5 Å². The average Bonchev–Trinajstić information content (AvgIpc) is 3.09. The summed E-state index contributed by atoms with van der Waals surface area (Å²) in [5.41, 5.74) is 0.818. The Balaban J connectivity index is 1.71. The SMILES string of the molecule is [B]c1c([B])c([B])c(C(=O)Nc2cc3cc(-c4cnc(C)n4C)ccc3nn2)c(F)c1[B]. The Kier molecular flexibility index (Phi) is 5.21. The molecule has 11 heteroatoms. The highest BCUT2D eigenvalue weighted by atomic mass is 19.1. The smallest absolute Gasteiger partial charge is 0.259 e. The van der Waals surface area contributed by atoms with Gasteiger partial charge < -0.3 is 9.88 Å². The standard InChI is InChI=1S/C20H12B4FN5O/c1-8-26-7-12(30(8)2)9-3-4-11-10(5-9)6-13(29-28-11)27-20(31)14-15(21)16(22)17(23)18(24)19(14)25/h3-7H,1-2H3,(H,27,29,31). The molecule has 2 aromatic carbocycles. The lowest BCUT2D eigenvalue weighted by atomic mass is 9.65. The number of rotatable bonds is 3. The Morgan fingerprint density at radius 1 is 1.03 bits per heavy atom. The van der Waals surface area contributed by atoms with Crippen LogP contribution in [0.15, 0.2) is 30.5 Å². The third-order valence-electron chi connectivity index (χ3n) is 5.17. The molecule has 0 saturated carbocycles. The number of hydrogen-bond acceptors (Lipinski definition) is 4. The Bertz CT molecular complexity index is 1340. The van der Waals surface area contributed by atoms with E-state index in [4.69, 9.17) is 31.4 Å². The summed E-state index contributed by atoms with van der Waals surface area (Å²) in [4.78, 5) is 17.0. The van der Waals surface area contributed by atoms with E-state index < -0.39 is 22.8 Å². The third kappa shape index (κ3) is 3.54. The molecule has 0 bridgehead atoms. The highest BCUT2D eigenvalue weighted by Gasteiger charge is 2.20. The van der Waals surface area contributed by atoms with Crippen LogP contribution in [0.2, 0.25) is 0 Å². The molecule has 0 spiro atoms. The number of carbonyl (C=O) groups is 1. The van der Waals surface area contributed by atoms with Gasteiger partial charge in [0.1, 0.15) is 43.0 Å². The number of imidazole rings is 1. The van der Waals surface area contributed by atoms with Crippen LogP contribution in [0, 0.1) is 12.7 Å². The molecule has 6 nitrogen and oxygen atoms in total. The molecule has 0 saturated heterocycles. The second-order valence-electron chi connectivity index (χ2n) is 7.05. The van der Waals surface area contributed by atoms with Crippen LogP contribution in [0.1, 0.15) is 16.2 Å². The first-order chi connectivity index (χ1) is 14.7. The van der Waals surface area contributed by atoms with Crippen LogP contribution in [0.4, 0.5) is 10.2 Å². The first-order valence-electron chi connectivity index (χ1n) is 9.18. The fourth-order valence-corrected chi connectivity index (χ4v) is 3.23. The monoisotopic (exact) mass is 401 g/mol. The van der Waals surface area contributed by atoms with Crippen molar-refractivity contribution in [3.63, 3.8) is 0 Å². The van der Waals surface area contributed by atoms with Crippen molar-refractivity contribution in [2.24, 2.45) is 7.05 Å². The van der Waals surface area contributed by atoms with Crippen LogP contribution in [0.25, 0.3) is 22.2 Å². The molecule has 1 amide bonds. The number of carbonyl (C=O) groups excluding carboxylic acids is 1. The third-order valence-corrected chi connectivity index (χ3v) is 5.17. The van der Waals surface area contributed by atoms with E-state index in [9.17, 15) is 9.18 Å². The van der Waals surface area contributed by atoms with Crippen LogP contribution in [0.3, 0.4) is 0 Å². The predicted octanol–water partition coefficient (Wildman–Crippen LogP) is -1.09. The summed E-state index contributed by atoms with van der Waals surface area (Å²) >= 11 is 0. The molecule has 4 rings (SSSR count).